The minimum absolute atomic E-state index is 0.0631. The van der Waals surface area contributed by atoms with Gasteiger partial charge in [-0.05, 0) is 106 Å². The Kier molecular flexibility index (Phi) is 4.83. The van der Waals surface area contributed by atoms with Gasteiger partial charge < -0.3 is 14.7 Å². The van der Waals surface area contributed by atoms with E-state index < -0.39 is 5.97 Å². The van der Waals surface area contributed by atoms with Crippen LogP contribution >= 0.6 is 0 Å². The highest BCUT2D eigenvalue weighted by molar-refractivity contribution is 5.68. The lowest BCUT2D eigenvalue weighted by Gasteiger charge is -2.53. The van der Waals surface area contributed by atoms with Gasteiger partial charge in [-0.2, -0.15) is 0 Å². The van der Waals surface area contributed by atoms with Crippen molar-refractivity contribution < 1.29 is 19.4 Å². The van der Waals surface area contributed by atoms with E-state index >= 15 is 0 Å². The summed E-state index contributed by atoms with van der Waals surface area (Å²) < 4.78 is 6.13. The Morgan fingerprint density at radius 2 is 1.46 bits per heavy atom. The first-order valence-corrected chi connectivity index (χ1v) is 11.7. The summed E-state index contributed by atoms with van der Waals surface area (Å²) in [6.45, 7) is 1.63. The molecule has 1 spiro atoms. The van der Waals surface area contributed by atoms with Crippen molar-refractivity contribution in [2.24, 2.45) is 35.0 Å². The van der Waals surface area contributed by atoms with E-state index in [1.807, 2.05) is 4.90 Å². The standard InChI is InChI=1S/C23H35NO4/c25-20(26)14-15-1-3-23(4-2-15)5-7-24(8-6-23)22(27)28-21-18-10-16-9-17(12-18)13-19(21)11-16/h15-19,21H,1-14H2,(H,25,26). The predicted octanol–water partition coefficient (Wildman–Crippen LogP) is 4.69. The number of rotatable bonds is 3. The lowest BCUT2D eigenvalue weighted by Crippen LogP contribution is -2.52. The molecule has 1 heterocycles. The van der Waals surface area contributed by atoms with E-state index in [0.29, 0.717) is 29.6 Å². The van der Waals surface area contributed by atoms with Crippen molar-refractivity contribution in [2.75, 3.05) is 13.1 Å². The molecule has 1 saturated heterocycles. The number of amides is 1. The maximum absolute atomic E-state index is 12.9. The lowest BCUT2D eigenvalue weighted by molar-refractivity contribution is -0.138. The van der Waals surface area contributed by atoms with Crippen molar-refractivity contribution in [2.45, 2.75) is 83.2 Å². The van der Waals surface area contributed by atoms with Crippen LogP contribution in [0.1, 0.15) is 77.0 Å². The van der Waals surface area contributed by atoms with E-state index in [1.165, 1.54) is 32.1 Å². The molecule has 6 rings (SSSR count). The van der Waals surface area contributed by atoms with Crippen molar-refractivity contribution in [3.63, 3.8) is 0 Å². The summed E-state index contributed by atoms with van der Waals surface area (Å²) in [7, 11) is 0. The second-order valence-electron chi connectivity index (χ2n) is 10.8. The van der Waals surface area contributed by atoms with Crippen molar-refractivity contribution in [3.05, 3.63) is 0 Å². The molecule has 0 radical (unpaired) electrons. The molecule has 1 aliphatic heterocycles. The first kappa shape index (κ1) is 18.7. The van der Waals surface area contributed by atoms with Crippen molar-refractivity contribution >= 4 is 12.1 Å². The Balaban J connectivity index is 1.11. The molecule has 0 aromatic rings. The van der Waals surface area contributed by atoms with E-state index in [0.717, 1.165) is 63.5 Å². The zero-order valence-corrected chi connectivity index (χ0v) is 17.0. The SMILES string of the molecule is O=C(O)CC1CCC2(CC1)CCN(C(=O)OC1C3CC4CC(C3)CC1C4)CC2. The monoisotopic (exact) mass is 389 g/mol. The largest absolute Gasteiger partial charge is 0.481 e. The minimum atomic E-state index is -0.664. The molecule has 28 heavy (non-hydrogen) atoms. The highest BCUT2D eigenvalue weighted by Crippen LogP contribution is 2.55. The van der Waals surface area contributed by atoms with E-state index in [-0.39, 0.29) is 12.2 Å². The summed E-state index contributed by atoms with van der Waals surface area (Å²) in [5.74, 6) is 2.75. The van der Waals surface area contributed by atoms with Crippen LogP contribution in [0, 0.1) is 35.0 Å². The first-order chi connectivity index (χ1) is 13.5. The molecule has 156 valence electrons. The number of carboxylic acid groups (broad SMARTS) is 1. The van der Waals surface area contributed by atoms with E-state index in [1.54, 1.807) is 0 Å². The number of hydrogen-bond acceptors (Lipinski definition) is 3. The van der Waals surface area contributed by atoms with Gasteiger partial charge in [0.2, 0.25) is 0 Å². The third kappa shape index (κ3) is 3.54. The van der Waals surface area contributed by atoms with Gasteiger partial charge in [-0.1, -0.05) is 0 Å². The molecule has 5 aliphatic carbocycles. The molecule has 1 N–H and O–H groups in total. The van der Waals surface area contributed by atoms with Gasteiger partial charge in [0.25, 0.3) is 0 Å². The van der Waals surface area contributed by atoms with Crippen molar-refractivity contribution in [1.82, 2.24) is 4.90 Å². The van der Waals surface area contributed by atoms with Gasteiger partial charge >= 0.3 is 12.1 Å². The molecule has 0 aromatic heterocycles. The molecule has 0 atom stereocenters. The van der Waals surface area contributed by atoms with E-state index in [4.69, 9.17) is 9.84 Å². The number of hydrogen-bond donors (Lipinski definition) is 1. The van der Waals surface area contributed by atoms with Gasteiger partial charge in [-0.15, -0.1) is 0 Å². The van der Waals surface area contributed by atoms with Gasteiger partial charge in [0.1, 0.15) is 6.10 Å². The van der Waals surface area contributed by atoms with Gasteiger partial charge in [0.05, 0.1) is 0 Å². The van der Waals surface area contributed by atoms with Crippen molar-refractivity contribution in [3.8, 4) is 0 Å². The first-order valence-electron chi connectivity index (χ1n) is 11.7. The quantitative estimate of drug-likeness (QED) is 0.760. The number of piperidine rings is 1. The number of likely N-dealkylation sites (tertiary alicyclic amines) is 1. The van der Waals surface area contributed by atoms with Crippen LogP contribution in [-0.2, 0) is 9.53 Å². The molecular formula is C23H35NO4. The molecule has 0 unspecified atom stereocenters. The number of nitrogens with zero attached hydrogens (tertiary/aromatic N) is 1. The summed E-state index contributed by atoms with van der Waals surface area (Å²) in [4.78, 5) is 25.8. The molecule has 1 amide bonds. The molecule has 6 fully saturated rings. The average Bonchev–Trinajstić information content (AvgIpc) is 2.66. The summed E-state index contributed by atoms with van der Waals surface area (Å²) in [5, 5.41) is 9.02. The normalized spacial score (nSPS) is 39.3. The number of carboxylic acids is 1. The van der Waals surface area contributed by atoms with Gasteiger partial charge in [0, 0.05) is 19.5 Å². The van der Waals surface area contributed by atoms with Gasteiger partial charge in [-0.25, -0.2) is 4.79 Å². The van der Waals surface area contributed by atoms with Crippen LogP contribution in [0.25, 0.3) is 0 Å². The number of carbonyl (C=O) groups excluding carboxylic acids is 1. The summed E-state index contributed by atoms with van der Waals surface area (Å²) in [6.07, 6.45) is 13.4. The highest BCUT2D eigenvalue weighted by Gasteiger charge is 2.50. The van der Waals surface area contributed by atoms with Crippen LogP contribution in [0.3, 0.4) is 0 Å². The van der Waals surface area contributed by atoms with E-state index in [9.17, 15) is 9.59 Å². The fraction of sp³-hybridized carbons (Fsp3) is 0.913. The number of aliphatic carboxylic acids is 1. The van der Waals surface area contributed by atoms with Crippen molar-refractivity contribution in [1.29, 1.82) is 0 Å². The molecule has 0 aromatic carbocycles. The molecule has 4 bridgehead atoms. The molecular weight excluding hydrogens is 354 g/mol. The summed E-state index contributed by atoms with van der Waals surface area (Å²) >= 11 is 0. The Morgan fingerprint density at radius 3 is 2.00 bits per heavy atom. The zero-order chi connectivity index (χ0) is 19.3. The summed E-state index contributed by atoms with van der Waals surface area (Å²) in [5.41, 5.74) is 0.342. The maximum atomic E-state index is 12.9. The molecule has 5 heteroatoms. The fourth-order valence-electron chi connectivity index (χ4n) is 7.66. The minimum Gasteiger partial charge on any atom is -0.481 e. The lowest BCUT2D eigenvalue weighted by atomic mass is 9.55. The fourth-order valence-corrected chi connectivity index (χ4v) is 7.66. The smallest absolute Gasteiger partial charge is 0.410 e. The van der Waals surface area contributed by atoms with Gasteiger partial charge in [0.15, 0.2) is 0 Å². The van der Waals surface area contributed by atoms with Crippen LogP contribution in [0.15, 0.2) is 0 Å². The molecule has 6 aliphatic rings. The van der Waals surface area contributed by atoms with E-state index in [2.05, 4.69) is 0 Å². The number of ether oxygens (including phenoxy) is 1. The second kappa shape index (κ2) is 7.21. The average molecular weight is 390 g/mol. The molecule has 5 nitrogen and oxygen atoms in total. The second-order valence-corrected chi connectivity index (χ2v) is 10.8. The zero-order valence-electron chi connectivity index (χ0n) is 17.0. The Bertz CT molecular complexity index is 586. The third-order valence-electron chi connectivity index (χ3n) is 9.09. The third-order valence-corrected chi connectivity index (χ3v) is 9.09. The van der Waals surface area contributed by atoms with Gasteiger partial charge in [-0.3, -0.25) is 4.79 Å². The topological polar surface area (TPSA) is 66.8 Å². The Hall–Kier alpha value is -1.26. The Labute approximate surface area is 168 Å². The Morgan fingerprint density at radius 1 is 0.893 bits per heavy atom. The molecule has 5 saturated carbocycles. The number of carbonyl (C=O) groups is 2. The van der Waals surface area contributed by atoms with Crippen LogP contribution in [-0.4, -0.2) is 41.3 Å². The maximum Gasteiger partial charge on any atom is 0.410 e. The van der Waals surface area contributed by atoms with Crippen LogP contribution < -0.4 is 0 Å². The van der Waals surface area contributed by atoms with Crippen LogP contribution in [0.5, 0.6) is 0 Å². The highest BCUT2D eigenvalue weighted by atomic mass is 16.6. The summed E-state index contributed by atoms with van der Waals surface area (Å²) in [6, 6.07) is 0. The van der Waals surface area contributed by atoms with Crippen LogP contribution in [0.2, 0.25) is 0 Å². The predicted molar refractivity (Wildman–Crippen MR) is 105 cm³/mol. The van der Waals surface area contributed by atoms with Crippen LogP contribution in [0.4, 0.5) is 4.79 Å².